The minimum Gasteiger partial charge on any atom is -0.506 e. The summed E-state index contributed by atoms with van der Waals surface area (Å²) in [5.41, 5.74) is 0.283. The van der Waals surface area contributed by atoms with Crippen LogP contribution in [0.4, 0.5) is 0 Å². The normalized spacial score (nSPS) is 23.0. The molecule has 31 heavy (non-hydrogen) atoms. The van der Waals surface area contributed by atoms with Gasteiger partial charge in [0.15, 0.2) is 0 Å². The van der Waals surface area contributed by atoms with Crippen LogP contribution in [0.5, 0.6) is 5.75 Å². The number of phenols is 1. The minimum atomic E-state index is -0.415. The molecule has 6 nitrogen and oxygen atoms in total. The molecule has 2 aromatic rings. The number of amides is 2. The first-order valence-corrected chi connectivity index (χ1v) is 11.7. The van der Waals surface area contributed by atoms with E-state index in [0.29, 0.717) is 24.4 Å². The molecule has 0 saturated carbocycles. The van der Waals surface area contributed by atoms with E-state index in [2.05, 4.69) is 4.90 Å². The van der Waals surface area contributed by atoms with Gasteiger partial charge in [-0.15, -0.1) is 0 Å². The molecule has 0 aromatic heterocycles. The van der Waals surface area contributed by atoms with E-state index in [4.69, 9.17) is 0 Å². The fraction of sp³-hybridized carbons (Fsp3) is 0.520. The lowest BCUT2D eigenvalue weighted by molar-refractivity contribution is -0.136. The lowest BCUT2D eigenvalue weighted by atomic mass is 10.0. The van der Waals surface area contributed by atoms with E-state index >= 15 is 0 Å². The second-order valence-corrected chi connectivity index (χ2v) is 9.14. The summed E-state index contributed by atoms with van der Waals surface area (Å²) >= 11 is 0. The fourth-order valence-corrected chi connectivity index (χ4v) is 5.62. The third-order valence-electron chi connectivity index (χ3n) is 7.36. The van der Waals surface area contributed by atoms with Crippen molar-refractivity contribution < 1.29 is 14.7 Å². The topological polar surface area (TPSA) is 64.1 Å². The highest BCUT2D eigenvalue weighted by Crippen LogP contribution is 2.32. The van der Waals surface area contributed by atoms with Crippen molar-refractivity contribution in [1.82, 2.24) is 14.7 Å². The molecular formula is C25H31N3O3. The molecule has 0 aliphatic carbocycles. The van der Waals surface area contributed by atoms with Gasteiger partial charge in [-0.3, -0.25) is 9.59 Å². The molecule has 6 heteroatoms. The average Bonchev–Trinajstić information content (AvgIpc) is 3.51. The van der Waals surface area contributed by atoms with E-state index in [0.717, 1.165) is 37.7 Å². The van der Waals surface area contributed by atoms with Gasteiger partial charge in [0.2, 0.25) is 5.91 Å². The van der Waals surface area contributed by atoms with Crippen LogP contribution < -0.4 is 0 Å². The summed E-state index contributed by atoms with van der Waals surface area (Å²) in [7, 11) is 0. The smallest absolute Gasteiger partial charge is 0.258 e. The first-order valence-electron chi connectivity index (χ1n) is 11.7. The highest BCUT2D eigenvalue weighted by Gasteiger charge is 2.39. The van der Waals surface area contributed by atoms with Crippen LogP contribution in [-0.2, 0) is 4.79 Å². The van der Waals surface area contributed by atoms with Gasteiger partial charge in [-0.25, -0.2) is 0 Å². The summed E-state index contributed by atoms with van der Waals surface area (Å²) in [6.07, 6.45) is 6.15. The predicted octanol–water partition coefficient (Wildman–Crippen LogP) is 3.24. The molecule has 3 heterocycles. The van der Waals surface area contributed by atoms with Crippen molar-refractivity contribution in [2.75, 3.05) is 32.7 Å². The van der Waals surface area contributed by atoms with Crippen molar-refractivity contribution in [3.8, 4) is 5.75 Å². The number of carbonyl (C=O) groups excluding carboxylic acids is 2. The summed E-state index contributed by atoms with van der Waals surface area (Å²) in [6, 6.07) is 11.2. The number of piperidine rings is 1. The number of nitrogens with zero attached hydrogens (tertiary/aromatic N) is 3. The molecule has 0 bridgehead atoms. The number of hydrogen-bond donors (Lipinski definition) is 1. The molecular weight excluding hydrogens is 390 g/mol. The molecule has 0 spiro atoms. The van der Waals surface area contributed by atoms with Gasteiger partial charge in [0.05, 0.1) is 5.56 Å². The molecule has 3 fully saturated rings. The summed E-state index contributed by atoms with van der Waals surface area (Å²) in [5.74, 6) is -0.162. The van der Waals surface area contributed by atoms with Crippen LogP contribution in [0.25, 0.3) is 10.8 Å². The lowest BCUT2D eigenvalue weighted by Crippen LogP contribution is -2.52. The Bertz CT molecular complexity index is 977. The highest BCUT2D eigenvalue weighted by atomic mass is 16.3. The fourth-order valence-electron chi connectivity index (χ4n) is 5.62. The summed E-state index contributed by atoms with van der Waals surface area (Å²) < 4.78 is 0. The maximum absolute atomic E-state index is 13.3. The van der Waals surface area contributed by atoms with Crippen molar-refractivity contribution >= 4 is 22.6 Å². The minimum absolute atomic E-state index is 0.00706. The Hall–Kier alpha value is -2.60. The van der Waals surface area contributed by atoms with Gasteiger partial charge >= 0.3 is 0 Å². The summed E-state index contributed by atoms with van der Waals surface area (Å²) in [5, 5.41) is 12.3. The Morgan fingerprint density at radius 3 is 2.35 bits per heavy atom. The van der Waals surface area contributed by atoms with Crippen LogP contribution in [0.1, 0.15) is 48.9 Å². The molecule has 5 rings (SSSR count). The molecule has 0 radical (unpaired) electrons. The van der Waals surface area contributed by atoms with E-state index in [1.54, 1.807) is 11.0 Å². The molecule has 3 aliphatic rings. The van der Waals surface area contributed by atoms with Crippen LogP contribution in [0.2, 0.25) is 0 Å². The molecule has 1 atom stereocenters. The van der Waals surface area contributed by atoms with E-state index in [9.17, 15) is 14.7 Å². The van der Waals surface area contributed by atoms with Crippen molar-refractivity contribution in [1.29, 1.82) is 0 Å². The van der Waals surface area contributed by atoms with Gasteiger partial charge in [0.25, 0.3) is 5.91 Å². The SMILES string of the molecule is O=C(C1CCCN1C(=O)c1ccc2ccccc2c1O)N1CCC(N2CCCC2)CC1. The standard InChI is InChI=1S/C25H31N3O3/c29-23-20-7-2-1-6-18(20)9-10-21(23)24(30)28-15-5-8-22(28)25(31)27-16-11-19(12-17-27)26-13-3-4-14-26/h1-2,6-7,9-10,19,22,29H,3-5,8,11-17H2. The van der Waals surface area contributed by atoms with Crippen LogP contribution in [-0.4, -0.2) is 76.4 Å². The largest absolute Gasteiger partial charge is 0.506 e. The zero-order valence-corrected chi connectivity index (χ0v) is 18.0. The summed E-state index contributed by atoms with van der Waals surface area (Å²) in [6.45, 7) is 4.50. The number of fused-ring (bicyclic) bond motifs is 1. The Morgan fingerprint density at radius 1 is 0.839 bits per heavy atom. The molecule has 1 N–H and O–H groups in total. The van der Waals surface area contributed by atoms with Crippen molar-refractivity contribution in [3.05, 3.63) is 42.0 Å². The number of phenolic OH excluding ortho intramolecular Hbond substituents is 1. The predicted molar refractivity (Wildman–Crippen MR) is 120 cm³/mol. The Labute approximate surface area is 183 Å². The van der Waals surface area contributed by atoms with Crippen LogP contribution in [0.15, 0.2) is 36.4 Å². The maximum Gasteiger partial charge on any atom is 0.258 e. The second-order valence-electron chi connectivity index (χ2n) is 9.14. The van der Waals surface area contributed by atoms with Crippen molar-refractivity contribution in [3.63, 3.8) is 0 Å². The van der Waals surface area contributed by atoms with E-state index < -0.39 is 6.04 Å². The van der Waals surface area contributed by atoms with Gasteiger partial charge < -0.3 is 19.8 Å². The van der Waals surface area contributed by atoms with E-state index in [1.165, 1.54) is 25.9 Å². The number of aromatic hydroxyl groups is 1. The third-order valence-corrected chi connectivity index (χ3v) is 7.36. The molecule has 3 aliphatic heterocycles. The molecule has 3 saturated heterocycles. The first-order chi connectivity index (χ1) is 15.1. The monoisotopic (exact) mass is 421 g/mol. The Balaban J connectivity index is 1.29. The number of rotatable bonds is 3. The van der Waals surface area contributed by atoms with Gasteiger partial charge in [-0.1, -0.05) is 30.3 Å². The number of carbonyl (C=O) groups is 2. The zero-order chi connectivity index (χ0) is 21.4. The highest BCUT2D eigenvalue weighted by molar-refractivity contribution is 6.05. The average molecular weight is 422 g/mol. The van der Waals surface area contributed by atoms with Crippen LogP contribution >= 0.6 is 0 Å². The van der Waals surface area contributed by atoms with Gasteiger partial charge in [0.1, 0.15) is 11.8 Å². The molecule has 164 valence electrons. The van der Waals surface area contributed by atoms with Crippen LogP contribution in [0.3, 0.4) is 0 Å². The lowest BCUT2D eigenvalue weighted by Gasteiger charge is -2.38. The van der Waals surface area contributed by atoms with Gasteiger partial charge in [0, 0.05) is 31.1 Å². The number of likely N-dealkylation sites (tertiary alicyclic amines) is 3. The van der Waals surface area contributed by atoms with E-state index in [-0.39, 0.29) is 23.1 Å². The van der Waals surface area contributed by atoms with Crippen molar-refractivity contribution in [2.24, 2.45) is 0 Å². The number of hydrogen-bond acceptors (Lipinski definition) is 4. The molecule has 1 unspecified atom stereocenters. The summed E-state index contributed by atoms with van der Waals surface area (Å²) in [4.78, 5) is 32.9. The second kappa shape index (κ2) is 8.50. The zero-order valence-electron chi connectivity index (χ0n) is 18.0. The first kappa shape index (κ1) is 20.3. The van der Waals surface area contributed by atoms with Gasteiger partial charge in [-0.05, 0) is 63.1 Å². The number of benzene rings is 2. The molecule has 2 aromatic carbocycles. The van der Waals surface area contributed by atoms with Crippen molar-refractivity contribution in [2.45, 2.75) is 50.6 Å². The third kappa shape index (κ3) is 3.78. The Morgan fingerprint density at radius 2 is 1.58 bits per heavy atom. The quantitative estimate of drug-likeness (QED) is 0.827. The van der Waals surface area contributed by atoms with Gasteiger partial charge in [-0.2, -0.15) is 0 Å². The Kier molecular flexibility index (Phi) is 5.57. The molecule has 2 amide bonds. The van der Waals surface area contributed by atoms with Crippen LogP contribution in [0, 0.1) is 0 Å². The maximum atomic E-state index is 13.3. The van der Waals surface area contributed by atoms with E-state index in [1.807, 2.05) is 35.2 Å².